The van der Waals surface area contributed by atoms with E-state index in [1.165, 1.54) is 0 Å². The second-order valence-electron chi connectivity index (χ2n) is 6.04. The third-order valence-corrected chi connectivity index (χ3v) is 5.56. The number of hydrogen-bond acceptors (Lipinski definition) is 3. The first-order valence-electron chi connectivity index (χ1n) is 6.52. The van der Waals surface area contributed by atoms with Crippen molar-refractivity contribution >= 4 is 10.0 Å². The molecule has 2 heterocycles. The highest BCUT2D eigenvalue weighted by molar-refractivity contribution is 7.89. The van der Waals surface area contributed by atoms with Crippen LogP contribution in [0.1, 0.15) is 32.4 Å². The van der Waals surface area contributed by atoms with E-state index in [0.29, 0.717) is 18.8 Å². The minimum Gasteiger partial charge on any atom is -0.390 e. The number of piperidine rings is 1. The lowest BCUT2D eigenvalue weighted by molar-refractivity contribution is 0.187. The molecule has 0 amide bonds. The molecule has 0 unspecified atom stereocenters. The Balaban J connectivity index is 2.31. The maximum atomic E-state index is 12.6. The molecule has 1 saturated heterocycles. The number of aliphatic hydroxyl groups is 1. The molecule has 6 heteroatoms. The molecule has 0 bridgehead atoms. The van der Waals surface area contributed by atoms with E-state index in [1.54, 1.807) is 28.2 Å². The number of aryl methyl sites for hydroxylation is 1. The van der Waals surface area contributed by atoms with Gasteiger partial charge in [-0.05, 0) is 24.3 Å². The summed E-state index contributed by atoms with van der Waals surface area (Å²) in [6.45, 7) is 5.17. The molecule has 0 atom stereocenters. The van der Waals surface area contributed by atoms with Crippen molar-refractivity contribution in [1.82, 2.24) is 8.87 Å². The third-order valence-electron chi connectivity index (χ3n) is 3.75. The van der Waals surface area contributed by atoms with Gasteiger partial charge in [0.15, 0.2) is 0 Å². The fourth-order valence-corrected chi connectivity index (χ4v) is 4.36. The lowest BCUT2D eigenvalue weighted by Crippen LogP contribution is -2.43. The molecule has 1 fully saturated rings. The van der Waals surface area contributed by atoms with Crippen LogP contribution in [0.4, 0.5) is 0 Å². The van der Waals surface area contributed by atoms with Crippen molar-refractivity contribution in [2.75, 3.05) is 13.1 Å². The SMILES string of the molecule is Cn1cc(S(=O)(=O)N2CCCC(C)(C)C2)cc1CO. The molecule has 1 aliphatic heterocycles. The van der Waals surface area contributed by atoms with Crippen LogP contribution in [-0.4, -0.2) is 35.5 Å². The van der Waals surface area contributed by atoms with E-state index in [9.17, 15) is 8.42 Å². The van der Waals surface area contributed by atoms with Crippen LogP contribution in [0, 0.1) is 5.41 Å². The maximum absolute atomic E-state index is 12.6. The largest absolute Gasteiger partial charge is 0.390 e. The first-order chi connectivity index (χ1) is 8.76. The van der Waals surface area contributed by atoms with Gasteiger partial charge in [-0.2, -0.15) is 4.31 Å². The second-order valence-corrected chi connectivity index (χ2v) is 7.98. The van der Waals surface area contributed by atoms with Crippen LogP contribution >= 0.6 is 0 Å². The number of sulfonamides is 1. The van der Waals surface area contributed by atoms with Crippen molar-refractivity contribution in [3.05, 3.63) is 18.0 Å². The summed E-state index contributed by atoms with van der Waals surface area (Å²) < 4.78 is 28.4. The third kappa shape index (κ3) is 2.85. The molecular weight excluding hydrogens is 264 g/mol. The Hall–Kier alpha value is -0.850. The van der Waals surface area contributed by atoms with Gasteiger partial charge in [0.2, 0.25) is 10.0 Å². The summed E-state index contributed by atoms with van der Waals surface area (Å²) in [7, 11) is -1.70. The quantitative estimate of drug-likeness (QED) is 0.912. The average molecular weight is 286 g/mol. The summed E-state index contributed by atoms with van der Waals surface area (Å²) in [4.78, 5) is 0.275. The number of aliphatic hydroxyl groups excluding tert-OH is 1. The van der Waals surface area contributed by atoms with E-state index in [0.717, 1.165) is 12.8 Å². The van der Waals surface area contributed by atoms with Crippen molar-refractivity contribution in [2.24, 2.45) is 12.5 Å². The van der Waals surface area contributed by atoms with Crippen LogP contribution in [0.15, 0.2) is 17.2 Å². The van der Waals surface area contributed by atoms with Crippen molar-refractivity contribution in [3.8, 4) is 0 Å². The zero-order valence-electron chi connectivity index (χ0n) is 11.8. The van der Waals surface area contributed by atoms with Crippen molar-refractivity contribution in [1.29, 1.82) is 0 Å². The van der Waals surface area contributed by atoms with Gasteiger partial charge in [-0.1, -0.05) is 13.8 Å². The lowest BCUT2D eigenvalue weighted by Gasteiger charge is -2.36. The molecule has 5 nitrogen and oxygen atoms in total. The van der Waals surface area contributed by atoms with Crippen molar-refractivity contribution in [2.45, 2.75) is 38.2 Å². The molecule has 0 aromatic carbocycles. The van der Waals surface area contributed by atoms with Gasteiger partial charge in [0.25, 0.3) is 0 Å². The fraction of sp³-hybridized carbons (Fsp3) is 0.692. The van der Waals surface area contributed by atoms with Gasteiger partial charge in [-0.25, -0.2) is 8.42 Å². The van der Waals surface area contributed by atoms with Crippen LogP contribution in [0.25, 0.3) is 0 Å². The molecule has 1 N–H and O–H groups in total. The topological polar surface area (TPSA) is 62.5 Å². The monoisotopic (exact) mass is 286 g/mol. The van der Waals surface area contributed by atoms with Crippen LogP contribution in [0.5, 0.6) is 0 Å². The summed E-state index contributed by atoms with van der Waals surface area (Å²) in [6.07, 6.45) is 3.52. The number of rotatable bonds is 3. The maximum Gasteiger partial charge on any atom is 0.244 e. The van der Waals surface area contributed by atoms with E-state index in [2.05, 4.69) is 13.8 Å². The summed E-state index contributed by atoms with van der Waals surface area (Å²) in [6, 6.07) is 1.55. The Labute approximate surface area is 114 Å². The van der Waals surface area contributed by atoms with E-state index < -0.39 is 10.0 Å². The molecule has 0 spiro atoms. The molecule has 108 valence electrons. The minimum atomic E-state index is -3.44. The molecule has 1 aliphatic rings. The highest BCUT2D eigenvalue weighted by Gasteiger charge is 2.34. The standard InChI is InChI=1S/C13H22N2O3S/c1-13(2)5-4-6-15(10-13)19(17,18)12-7-11(9-16)14(3)8-12/h7-8,16H,4-6,9-10H2,1-3H3. The van der Waals surface area contributed by atoms with Crippen LogP contribution in [0.2, 0.25) is 0 Å². The van der Waals surface area contributed by atoms with Gasteiger partial charge in [0, 0.05) is 32.0 Å². The Kier molecular flexibility index (Phi) is 3.77. The number of hydrogen-bond donors (Lipinski definition) is 1. The summed E-state index contributed by atoms with van der Waals surface area (Å²) in [5.74, 6) is 0. The highest BCUT2D eigenvalue weighted by atomic mass is 32.2. The normalized spacial score (nSPS) is 20.6. The van der Waals surface area contributed by atoms with Gasteiger partial charge in [-0.3, -0.25) is 0 Å². The first kappa shape index (κ1) is 14.6. The smallest absolute Gasteiger partial charge is 0.244 e. The summed E-state index contributed by atoms with van der Waals surface area (Å²) in [5.41, 5.74) is 0.634. The Morgan fingerprint density at radius 1 is 1.42 bits per heavy atom. The Bertz CT molecular complexity index is 560. The lowest BCUT2D eigenvalue weighted by atomic mass is 9.85. The van der Waals surface area contributed by atoms with Gasteiger partial charge < -0.3 is 9.67 Å². The van der Waals surface area contributed by atoms with Crippen molar-refractivity contribution in [3.63, 3.8) is 0 Å². The Morgan fingerprint density at radius 2 is 2.11 bits per heavy atom. The molecule has 2 rings (SSSR count). The van der Waals surface area contributed by atoms with Gasteiger partial charge in [0.1, 0.15) is 4.90 Å². The van der Waals surface area contributed by atoms with E-state index in [1.807, 2.05) is 0 Å². The van der Waals surface area contributed by atoms with Crippen LogP contribution in [-0.2, 0) is 23.7 Å². The molecule has 1 aromatic heterocycles. The average Bonchev–Trinajstić information content (AvgIpc) is 2.70. The predicted molar refractivity (Wildman–Crippen MR) is 73.1 cm³/mol. The molecular formula is C13H22N2O3S. The molecule has 19 heavy (non-hydrogen) atoms. The molecule has 0 radical (unpaired) electrons. The highest BCUT2D eigenvalue weighted by Crippen LogP contribution is 2.32. The van der Waals surface area contributed by atoms with E-state index in [4.69, 9.17) is 5.11 Å². The van der Waals surface area contributed by atoms with E-state index in [-0.39, 0.29) is 16.9 Å². The molecule has 0 saturated carbocycles. The van der Waals surface area contributed by atoms with Gasteiger partial charge in [0.05, 0.1) is 6.61 Å². The summed E-state index contributed by atoms with van der Waals surface area (Å²) in [5, 5.41) is 9.16. The van der Waals surface area contributed by atoms with Crippen LogP contribution in [0.3, 0.4) is 0 Å². The zero-order valence-corrected chi connectivity index (χ0v) is 12.6. The molecule has 0 aliphatic carbocycles. The van der Waals surface area contributed by atoms with Gasteiger partial charge >= 0.3 is 0 Å². The van der Waals surface area contributed by atoms with Crippen molar-refractivity contribution < 1.29 is 13.5 Å². The first-order valence-corrected chi connectivity index (χ1v) is 7.96. The summed E-state index contributed by atoms with van der Waals surface area (Å²) >= 11 is 0. The fourth-order valence-electron chi connectivity index (χ4n) is 2.60. The Morgan fingerprint density at radius 3 is 2.63 bits per heavy atom. The second kappa shape index (κ2) is 4.92. The number of nitrogens with zero attached hydrogens (tertiary/aromatic N) is 2. The van der Waals surface area contributed by atoms with Crippen LogP contribution < -0.4 is 0 Å². The molecule has 1 aromatic rings. The van der Waals surface area contributed by atoms with E-state index >= 15 is 0 Å². The minimum absolute atomic E-state index is 0.0277. The van der Waals surface area contributed by atoms with Gasteiger partial charge in [-0.15, -0.1) is 0 Å². The zero-order chi connectivity index (χ0) is 14.3. The predicted octanol–water partition coefficient (Wildman–Crippen LogP) is 1.33. The number of aromatic nitrogens is 1.